The van der Waals surface area contributed by atoms with Gasteiger partial charge < -0.3 is 10.1 Å². The van der Waals surface area contributed by atoms with Crippen LogP contribution in [0.2, 0.25) is 0 Å². The number of carbonyl (C=O) groups is 1. The zero-order valence-electron chi connectivity index (χ0n) is 14.1. The molecular weight excluding hydrogens is 320 g/mol. The lowest BCUT2D eigenvalue weighted by atomic mass is 9.97. The fraction of sp³-hybridized carbons (Fsp3) is 0.263. The van der Waals surface area contributed by atoms with E-state index in [9.17, 15) is 4.79 Å². The van der Waals surface area contributed by atoms with Gasteiger partial charge in [-0.25, -0.2) is 0 Å². The Morgan fingerprint density at radius 2 is 1.83 bits per heavy atom. The Bertz CT molecular complexity index is 714. The number of hydrogen-bond acceptors (Lipinski definition) is 3. The number of anilines is 1. The largest absolute Gasteiger partial charge is 0.497 e. The third kappa shape index (κ3) is 4.55. The second-order valence-corrected chi connectivity index (χ2v) is 5.94. The average molecular weight is 342 g/mol. The first-order valence-electron chi connectivity index (χ1n) is 7.90. The van der Waals surface area contributed by atoms with E-state index in [1.165, 1.54) is 5.56 Å². The van der Waals surface area contributed by atoms with Gasteiger partial charge in [0.2, 0.25) is 0 Å². The van der Waals surface area contributed by atoms with Crippen molar-refractivity contribution >= 4 is 28.9 Å². The third-order valence-corrected chi connectivity index (χ3v) is 4.14. The minimum Gasteiger partial charge on any atom is -0.497 e. The molecule has 2 rings (SSSR count). The summed E-state index contributed by atoms with van der Waals surface area (Å²) in [5.74, 6) is 0.861. The van der Waals surface area contributed by atoms with Crippen molar-refractivity contribution in [2.24, 2.45) is 0 Å². The van der Waals surface area contributed by atoms with Crippen LogP contribution in [0.1, 0.15) is 42.1 Å². The highest BCUT2D eigenvalue weighted by Crippen LogP contribution is 2.26. The van der Waals surface area contributed by atoms with Crippen LogP contribution >= 0.6 is 12.2 Å². The van der Waals surface area contributed by atoms with E-state index in [0.717, 1.165) is 12.1 Å². The van der Waals surface area contributed by atoms with E-state index in [1.807, 2.05) is 18.2 Å². The molecule has 2 N–H and O–H groups in total. The fourth-order valence-corrected chi connectivity index (χ4v) is 2.53. The number of nitrogens with one attached hydrogen (secondary N) is 2. The van der Waals surface area contributed by atoms with Crippen molar-refractivity contribution in [2.75, 3.05) is 12.4 Å². The maximum absolute atomic E-state index is 12.2. The number of ether oxygens (including phenoxy) is 1. The molecule has 0 fully saturated rings. The second kappa shape index (κ2) is 8.45. The molecule has 4 nitrogen and oxygen atoms in total. The predicted octanol–water partition coefficient (Wildman–Crippen LogP) is 4.34. The highest BCUT2D eigenvalue weighted by molar-refractivity contribution is 7.80. The highest BCUT2D eigenvalue weighted by Gasteiger charge is 2.12. The minimum atomic E-state index is -0.254. The van der Waals surface area contributed by atoms with Crippen LogP contribution in [-0.4, -0.2) is 18.1 Å². The van der Waals surface area contributed by atoms with E-state index in [2.05, 4.69) is 30.5 Å². The highest BCUT2D eigenvalue weighted by atomic mass is 32.1. The lowest BCUT2D eigenvalue weighted by molar-refractivity contribution is 0.0977. The molecule has 2 aromatic rings. The molecule has 1 atom stereocenters. The van der Waals surface area contributed by atoms with Gasteiger partial charge in [0, 0.05) is 11.3 Å². The van der Waals surface area contributed by atoms with Crippen LogP contribution in [0.4, 0.5) is 5.69 Å². The smallest absolute Gasteiger partial charge is 0.257 e. The average Bonchev–Trinajstić information content (AvgIpc) is 2.61. The topological polar surface area (TPSA) is 50.4 Å². The van der Waals surface area contributed by atoms with Gasteiger partial charge in [-0.15, -0.1) is 0 Å². The molecule has 0 aliphatic carbocycles. The van der Waals surface area contributed by atoms with Gasteiger partial charge in [0.05, 0.1) is 7.11 Å². The molecule has 0 aromatic heterocycles. The number of carbonyl (C=O) groups excluding carboxylic acids is 1. The van der Waals surface area contributed by atoms with Crippen LogP contribution in [0.15, 0.2) is 48.5 Å². The van der Waals surface area contributed by atoms with Gasteiger partial charge in [0.15, 0.2) is 5.11 Å². The van der Waals surface area contributed by atoms with E-state index < -0.39 is 0 Å². The first-order chi connectivity index (χ1) is 11.5. The molecule has 0 bridgehead atoms. The summed E-state index contributed by atoms with van der Waals surface area (Å²) in [6, 6.07) is 14.9. The van der Waals surface area contributed by atoms with E-state index in [-0.39, 0.29) is 11.0 Å². The van der Waals surface area contributed by atoms with Crippen molar-refractivity contribution < 1.29 is 9.53 Å². The van der Waals surface area contributed by atoms with E-state index in [4.69, 9.17) is 17.0 Å². The van der Waals surface area contributed by atoms with E-state index >= 15 is 0 Å². The number of rotatable bonds is 5. The van der Waals surface area contributed by atoms with Crippen molar-refractivity contribution in [3.8, 4) is 5.75 Å². The molecule has 126 valence electrons. The van der Waals surface area contributed by atoms with E-state index in [1.54, 1.807) is 31.4 Å². The van der Waals surface area contributed by atoms with Crippen LogP contribution in [0.25, 0.3) is 0 Å². The summed E-state index contributed by atoms with van der Waals surface area (Å²) in [5, 5.41) is 6.11. The Labute approximate surface area is 148 Å². The molecule has 2 aromatic carbocycles. The molecule has 0 saturated carbocycles. The molecule has 1 unspecified atom stereocenters. The number of methoxy groups -OCH3 is 1. The molecular formula is C19H22N2O2S. The Morgan fingerprint density at radius 3 is 2.46 bits per heavy atom. The van der Waals surface area contributed by atoms with Crippen molar-refractivity contribution in [1.82, 2.24) is 5.32 Å². The monoisotopic (exact) mass is 342 g/mol. The van der Waals surface area contributed by atoms with Gasteiger partial charge in [-0.3, -0.25) is 10.1 Å². The molecule has 0 spiro atoms. The van der Waals surface area contributed by atoms with E-state index in [0.29, 0.717) is 17.2 Å². The van der Waals surface area contributed by atoms with Gasteiger partial charge in [0.25, 0.3) is 5.91 Å². The number of thiocarbonyl (C=S) groups is 1. The predicted molar refractivity (Wildman–Crippen MR) is 102 cm³/mol. The van der Waals surface area contributed by atoms with Crippen LogP contribution in [-0.2, 0) is 0 Å². The zero-order chi connectivity index (χ0) is 17.5. The van der Waals surface area contributed by atoms with Gasteiger partial charge >= 0.3 is 0 Å². The Kier molecular flexibility index (Phi) is 6.32. The summed E-state index contributed by atoms with van der Waals surface area (Å²) >= 11 is 5.28. The lowest BCUT2D eigenvalue weighted by Crippen LogP contribution is -2.34. The first kappa shape index (κ1) is 17.9. The summed E-state index contributed by atoms with van der Waals surface area (Å²) in [7, 11) is 1.59. The first-order valence-corrected chi connectivity index (χ1v) is 8.31. The molecule has 0 radical (unpaired) electrons. The molecule has 1 amide bonds. The molecule has 0 heterocycles. The Hall–Kier alpha value is -2.40. The molecule has 0 aliphatic rings. The molecule has 5 heteroatoms. The molecule has 0 saturated heterocycles. The minimum absolute atomic E-state index is 0.254. The van der Waals surface area contributed by atoms with Gasteiger partial charge in [0.1, 0.15) is 5.75 Å². The summed E-state index contributed by atoms with van der Waals surface area (Å²) in [5.41, 5.74) is 2.63. The van der Waals surface area contributed by atoms with Crippen LogP contribution in [0, 0.1) is 0 Å². The summed E-state index contributed by atoms with van der Waals surface area (Å²) in [6.07, 6.45) is 1.03. The lowest BCUT2D eigenvalue weighted by Gasteiger charge is -2.17. The van der Waals surface area contributed by atoms with Crippen molar-refractivity contribution in [3.05, 3.63) is 59.7 Å². The summed E-state index contributed by atoms with van der Waals surface area (Å²) in [6.45, 7) is 4.31. The third-order valence-electron chi connectivity index (χ3n) is 3.93. The van der Waals surface area contributed by atoms with Crippen molar-refractivity contribution in [1.29, 1.82) is 0 Å². The SMILES string of the molecule is CCC(C)c1ccccc1NC(=S)NC(=O)c1ccc(OC)cc1. The zero-order valence-corrected chi connectivity index (χ0v) is 14.9. The van der Waals surface area contributed by atoms with Gasteiger partial charge in [-0.05, 0) is 60.5 Å². The molecule has 24 heavy (non-hydrogen) atoms. The van der Waals surface area contributed by atoms with Crippen molar-refractivity contribution in [3.63, 3.8) is 0 Å². The quantitative estimate of drug-likeness (QED) is 0.794. The second-order valence-electron chi connectivity index (χ2n) is 5.53. The van der Waals surface area contributed by atoms with Gasteiger partial charge in [-0.2, -0.15) is 0 Å². The Morgan fingerprint density at radius 1 is 1.17 bits per heavy atom. The summed E-state index contributed by atoms with van der Waals surface area (Å²) < 4.78 is 5.09. The van der Waals surface area contributed by atoms with Gasteiger partial charge in [-0.1, -0.05) is 32.0 Å². The number of amides is 1. The summed E-state index contributed by atoms with van der Waals surface area (Å²) in [4.78, 5) is 12.2. The van der Waals surface area contributed by atoms with Crippen molar-refractivity contribution in [2.45, 2.75) is 26.2 Å². The fourth-order valence-electron chi connectivity index (χ4n) is 2.33. The van der Waals surface area contributed by atoms with Crippen LogP contribution in [0.3, 0.4) is 0 Å². The normalized spacial score (nSPS) is 11.5. The standard InChI is InChI=1S/C19H22N2O2S/c1-4-13(2)16-7-5-6-8-17(16)20-19(24)21-18(22)14-9-11-15(23-3)12-10-14/h5-13H,4H2,1-3H3,(H2,20,21,22,24). The van der Waals surface area contributed by atoms with Crippen LogP contribution < -0.4 is 15.4 Å². The Balaban J connectivity index is 2.04. The number of hydrogen-bond donors (Lipinski definition) is 2. The number of para-hydroxylation sites is 1. The number of benzene rings is 2. The van der Waals surface area contributed by atoms with Crippen LogP contribution in [0.5, 0.6) is 5.75 Å². The molecule has 0 aliphatic heterocycles. The maximum Gasteiger partial charge on any atom is 0.257 e. The maximum atomic E-state index is 12.2.